The average molecular weight is 374 g/mol. The Labute approximate surface area is 140 Å². The molecule has 1 aromatic heterocycles. The molecule has 0 unspecified atom stereocenters. The Bertz CT molecular complexity index is 836. The van der Waals surface area contributed by atoms with Gasteiger partial charge in [0.15, 0.2) is 0 Å². The van der Waals surface area contributed by atoms with Crippen molar-refractivity contribution in [1.29, 1.82) is 0 Å². The van der Waals surface area contributed by atoms with Crippen LogP contribution < -0.4 is 10.1 Å². The van der Waals surface area contributed by atoms with Gasteiger partial charge in [-0.1, -0.05) is 6.07 Å². The molecule has 0 aliphatic carbocycles. The fraction of sp³-hybridized carbons (Fsp3) is 0.0667. The van der Waals surface area contributed by atoms with Crippen molar-refractivity contribution < 1.29 is 9.53 Å². The van der Waals surface area contributed by atoms with Crippen LogP contribution in [0, 0.1) is 0 Å². The van der Waals surface area contributed by atoms with Crippen molar-refractivity contribution in [2.45, 2.75) is 0 Å². The van der Waals surface area contributed by atoms with Crippen LogP contribution in [0.1, 0.15) is 10.4 Å². The maximum atomic E-state index is 12.3. The van der Waals surface area contributed by atoms with Crippen molar-refractivity contribution in [2.24, 2.45) is 0 Å². The third kappa shape index (κ3) is 3.37. The predicted octanol–water partition coefficient (Wildman–Crippen LogP) is 2.69. The molecule has 0 saturated heterocycles. The zero-order chi connectivity index (χ0) is 16.2. The first kappa shape index (κ1) is 15.2. The fourth-order valence-corrected chi connectivity index (χ4v) is 2.56. The van der Waals surface area contributed by atoms with Gasteiger partial charge >= 0.3 is 0 Å². The third-order valence-corrected chi connectivity index (χ3v) is 3.75. The first-order valence-electron chi connectivity index (χ1n) is 6.65. The minimum absolute atomic E-state index is 0.220. The monoisotopic (exact) mass is 373 g/mol. The molecule has 23 heavy (non-hydrogen) atoms. The van der Waals surface area contributed by atoms with Crippen molar-refractivity contribution in [2.75, 3.05) is 12.4 Å². The SMILES string of the molecule is COc1ccc(C(=O)Nc2cccc(-n3cnnn3)c2)cc1Br. The van der Waals surface area contributed by atoms with Gasteiger partial charge in [-0.25, -0.2) is 4.68 Å². The van der Waals surface area contributed by atoms with Crippen LogP contribution in [0.3, 0.4) is 0 Å². The molecule has 0 bridgehead atoms. The van der Waals surface area contributed by atoms with E-state index in [2.05, 4.69) is 36.8 Å². The van der Waals surface area contributed by atoms with Crippen molar-refractivity contribution in [3.63, 3.8) is 0 Å². The Morgan fingerprint density at radius 1 is 1.26 bits per heavy atom. The lowest BCUT2D eigenvalue weighted by molar-refractivity contribution is 0.102. The fourth-order valence-electron chi connectivity index (χ4n) is 2.02. The number of amides is 1. The van der Waals surface area contributed by atoms with Crippen LogP contribution >= 0.6 is 15.9 Å². The molecule has 116 valence electrons. The number of halogens is 1. The van der Waals surface area contributed by atoms with E-state index in [1.807, 2.05) is 12.1 Å². The van der Waals surface area contributed by atoms with E-state index in [0.717, 1.165) is 10.2 Å². The lowest BCUT2D eigenvalue weighted by atomic mass is 10.2. The molecule has 0 atom stereocenters. The summed E-state index contributed by atoms with van der Waals surface area (Å²) in [5.74, 6) is 0.449. The summed E-state index contributed by atoms with van der Waals surface area (Å²) >= 11 is 3.37. The summed E-state index contributed by atoms with van der Waals surface area (Å²) in [4.78, 5) is 12.3. The van der Waals surface area contributed by atoms with Gasteiger partial charge in [0.05, 0.1) is 17.3 Å². The number of anilines is 1. The molecule has 0 aliphatic heterocycles. The Morgan fingerprint density at radius 3 is 2.83 bits per heavy atom. The summed E-state index contributed by atoms with van der Waals surface area (Å²) in [5, 5.41) is 13.8. The minimum Gasteiger partial charge on any atom is -0.496 e. The smallest absolute Gasteiger partial charge is 0.255 e. The highest BCUT2D eigenvalue weighted by Crippen LogP contribution is 2.26. The van der Waals surface area contributed by atoms with Crippen molar-refractivity contribution in [3.8, 4) is 11.4 Å². The van der Waals surface area contributed by atoms with Gasteiger partial charge in [-0.05, 0) is 62.8 Å². The molecule has 2 aromatic carbocycles. The van der Waals surface area contributed by atoms with Gasteiger partial charge in [-0.2, -0.15) is 0 Å². The molecule has 0 radical (unpaired) electrons. The Morgan fingerprint density at radius 2 is 2.13 bits per heavy atom. The van der Waals surface area contributed by atoms with Gasteiger partial charge < -0.3 is 10.1 Å². The highest BCUT2D eigenvalue weighted by molar-refractivity contribution is 9.10. The summed E-state index contributed by atoms with van der Waals surface area (Å²) < 4.78 is 7.39. The normalized spacial score (nSPS) is 10.3. The number of methoxy groups -OCH3 is 1. The predicted molar refractivity (Wildman–Crippen MR) is 87.8 cm³/mol. The van der Waals surface area contributed by atoms with Crippen LogP contribution in [0.5, 0.6) is 5.75 Å². The highest BCUT2D eigenvalue weighted by atomic mass is 79.9. The average Bonchev–Trinajstić information content (AvgIpc) is 3.09. The minimum atomic E-state index is -0.220. The summed E-state index contributed by atoms with van der Waals surface area (Å²) in [6, 6.07) is 12.4. The van der Waals surface area contributed by atoms with E-state index in [0.29, 0.717) is 17.0 Å². The molecule has 1 amide bonds. The standard InChI is InChI=1S/C15H12BrN5O2/c1-23-14-6-5-10(7-13(14)16)15(22)18-11-3-2-4-12(8-11)21-9-17-19-20-21/h2-9H,1H3,(H,18,22). The molecular weight excluding hydrogens is 362 g/mol. The number of nitrogens with zero attached hydrogens (tertiary/aromatic N) is 4. The van der Waals surface area contributed by atoms with Crippen molar-refractivity contribution in [3.05, 3.63) is 58.8 Å². The van der Waals surface area contributed by atoms with Crippen LogP contribution in [0.2, 0.25) is 0 Å². The largest absolute Gasteiger partial charge is 0.496 e. The first-order chi connectivity index (χ1) is 11.2. The summed E-state index contributed by atoms with van der Waals surface area (Å²) in [5.41, 5.74) is 1.92. The van der Waals surface area contributed by atoms with Gasteiger partial charge in [0, 0.05) is 11.3 Å². The molecule has 0 saturated carbocycles. The first-order valence-corrected chi connectivity index (χ1v) is 7.45. The topological polar surface area (TPSA) is 81.9 Å². The molecule has 1 N–H and O–H groups in total. The second kappa shape index (κ2) is 6.57. The molecule has 0 fully saturated rings. The summed E-state index contributed by atoms with van der Waals surface area (Å²) in [6.07, 6.45) is 1.49. The zero-order valence-electron chi connectivity index (χ0n) is 12.1. The van der Waals surface area contributed by atoms with Gasteiger partial charge in [-0.15, -0.1) is 5.10 Å². The number of ether oxygens (including phenoxy) is 1. The van der Waals surface area contributed by atoms with E-state index in [1.54, 1.807) is 37.4 Å². The molecule has 3 rings (SSSR count). The molecular formula is C15H12BrN5O2. The molecule has 3 aromatic rings. The van der Waals surface area contributed by atoms with Crippen molar-refractivity contribution >= 4 is 27.5 Å². The second-order valence-electron chi connectivity index (χ2n) is 4.61. The van der Waals surface area contributed by atoms with Gasteiger partial charge in [0.25, 0.3) is 5.91 Å². The number of tetrazole rings is 1. The van der Waals surface area contributed by atoms with Gasteiger partial charge in [0.2, 0.25) is 0 Å². The number of nitrogens with one attached hydrogen (secondary N) is 1. The van der Waals surface area contributed by atoms with E-state index in [4.69, 9.17) is 4.74 Å². The molecule has 7 nitrogen and oxygen atoms in total. The molecule has 0 spiro atoms. The van der Waals surface area contributed by atoms with Gasteiger partial charge in [-0.3, -0.25) is 4.79 Å². The van der Waals surface area contributed by atoms with E-state index >= 15 is 0 Å². The van der Waals surface area contributed by atoms with Crippen LogP contribution in [-0.4, -0.2) is 33.2 Å². The Kier molecular flexibility index (Phi) is 4.33. The van der Waals surface area contributed by atoms with E-state index in [-0.39, 0.29) is 5.91 Å². The van der Waals surface area contributed by atoms with E-state index < -0.39 is 0 Å². The third-order valence-electron chi connectivity index (χ3n) is 3.13. The van der Waals surface area contributed by atoms with Crippen LogP contribution in [-0.2, 0) is 0 Å². The van der Waals surface area contributed by atoms with Crippen LogP contribution in [0.25, 0.3) is 5.69 Å². The number of rotatable bonds is 4. The van der Waals surface area contributed by atoms with Crippen LogP contribution in [0.15, 0.2) is 53.3 Å². The number of benzene rings is 2. The number of hydrogen-bond acceptors (Lipinski definition) is 5. The molecule has 8 heteroatoms. The molecule has 0 aliphatic rings. The van der Waals surface area contributed by atoms with E-state index in [9.17, 15) is 4.79 Å². The van der Waals surface area contributed by atoms with Crippen molar-refractivity contribution in [1.82, 2.24) is 20.2 Å². The quantitative estimate of drug-likeness (QED) is 0.760. The lowest BCUT2D eigenvalue weighted by Gasteiger charge is -2.09. The second-order valence-corrected chi connectivity index (χ2v) is 5.46. The number of carbonyl (C=O) groups excluding carboxylic acids is 1. The zero-order valence-corrected chi connectivity index (χ0v) is 13.7. The maximum Gasteiger partial charge on any atom is 0.255 e. The lowest BCUT2D eigenvalue weighted by Crippen LogP contribution is -2.12. The summed E-state index contributed by atoms with van der Waals surface area (Å²) in [6.45, 7) is 0. The Hall–Kier alpha value is -2.74. The van der Waals surface area contributed by atoms with Gasteiger partial charge in [0.1, 0.15) is 12.1 Å². The number of aromatic nitrogens is 4. The number of carbonyl (C=O) groups is 1. The maximum absolute atomic E-state index is 12.3. The Balaban J connectivity index is 1.80. The summed E-state index contributed by atoms with van der Waals surface area (Å²) in [7, 11) is 1.57. The highest BCUT2D eigenvalue weighted by Gasteiger charge is 2.10. The molecule has 1 heterocycles. The van der Waals surface area contributed by atoms with Crippen LogP contribution in [0.4, 0.5) is 5.69 Å². The number of hydrogen-bond donors (Lipinski definition) is 1. The van der Waals surface area contributed by atoms with E-state index in [1.165, 1.54) is 11.0 Å².